The van der Waals surface area contributed by atoms with E-state index in [0.29, 0.717) is 11.3 Å². The summed E-state index contributed by atoms with van der Waals surface area (Å²) in [5.41, 5.74) is 3.12. The molecule has 1 aromatic heterocycles. The van der Waals surface area contributed by atoms with Gasteiger partial charge in [-0.15, -0.1) is 0 Å². The van der Waals surface area contributed by atoms with E-state index >= 15 is 0 Å². The summed E-state index contributed by atoms with van der Waals surface area (Å²) in [4.78, 5) is 4.50. The lowest BCUT2D eigenvalue weighted by atomic mass is 9.68. The van der Waals surface area contributed by atoms with E-state index in [2.05, 4.69) is 76.9 Å². The van der Waals surface area contributed by atoms with Crippen LogP contribution in [0.1, 0.15) is 59.4 Å². The second-order valence-corrected chi connectivity index (χ2v) is 8.10. The first-order valence-electron chi connectivity index (χ1n) is 7.52. The molecule has 1 atom stereocenters. The van der Waals surface area contributed by atoms with Crippen molar-refractivity contribution in [3.63, 3.8) is 0 Å². The average molecular weight is 269 g/mol. The highest BCUT2D eigenvalue weighted by atomic mass is 14.6. The van der Waals surface area contributed by atoms with Gasteiger partial charge in [0, 0.05) is 11.6 Å². The van der Waals surface area contributed by atoms with Crippen LogP contribution >= 0.6 is 0 Å². The fourth-order valence-electron chi connectivity index (χ4n) is 2.92. The molecule has 0 spiro atoms. The van der Waals surface area contributed by atoms with Gasteiger partial charge in [0.1, 0.15) is 0 Å². The molecule has 0 radical (unpaired) electrons. The van der Waals surface area contributed by atoms with Crippen LogP contribution in [0.4, 0.5) is 0 Å². The Kier molecular flexibility index (Phi) is 3.90. The van der Waals surface area contributed by atoms with Crippen molar-refractivity contribution in [2.24, 2.45) is 10.8 Å². The normalized spacial score (nSPS) is 14.5. The van der Waals surface area contributed by atoms with Crippen molar-refractivity contribution in [1.82, 2.24) is 4.98 Å². The van der Waals surface area contributed by atoms with Crippen molar-refractivity contribution in [2.45, 2.75) is 53.9 Å². The van der Waals surface area contributed by atoms with Crippen LogP contribution in [0.3, 0.4) is 0 Å². The number of hydrogen-bond acceptors (Lipinski definition) is 1. The van der Waals surface area contributed by atoms with E-state index < -0.39 is 0 Å². The van der Waals surface area contributed by atoms with E-state index in [9.17, 15) is 0 Å². The molecule has 2 aromatic rings. The number of hydrogen-bond donors (Lipinski definition) is 0. The lowest BCUT2D eigenvalue weighted by Gasteiger charge is -2.36. The molecule has 0 fully saturated rings. The van der Waals surface area contributed by atoms with Gasteiger partial charge in [-0.25, -0.2) is 0 Å². The van der Waals surface area contributed by atoms with Crippen LogP contribution in [-0.2, 0) is 0 Å². The molecule has 0 aliphatic heterocycles. The second kappa shape index (κ2) is 5.20. The highest BCUT2D eigenvalue weighted by Gasteiger charge is 2.31. The van der Waals surface area contributed by atoms with Gasteiger partial charge >= 0.3 is 0 Å². The van der Waals surface area contributed by atoms with E-state index in [0.717, 1.165) is 5.52 Å². The molecule has 20 heavy (non-hydrogen) atoms. The van der Waals surface area contributed by atoms with Gasteiger partial charge in [-0.1, -0.05) is 59.7 Å². The van der Waals surface area contributed by atoms with E-state index in [1.807, 2.05) is 6.20 Å². The second-order valence-electron chi connectivity index (χ2n) is 8.10. The Labute approximate surface area is 123 Å². The Morgan fingerprint density at radius 3 is 2.20 bits per heavy atom. The van der Waals surface area contributed by atoms with Gasteiger partial charge in [0.25, 0.3) is 0 Å². The van der Waals surface area contributed by atoms with Crippen LogP contribution in [0.2, 0.25) is 0 Å². The maximum atomic E-state index is 4.50. The Balaban J connectivity index is 2.57. The van der Waals surface area contributed by atoms with E-state index in [1.165, 1.54) is 17.4 Å². The van der Waals surface area contributed by atoms with Crippen molar-refractivity contribution in [3.05, 3.63) is 42.1 Å². The fraction of sp³-hybridized carbons (Fsp3) is 0.526. The first-order valence-corrected chi connectivity index (χ1v) is 7.52. The number of nitrogens with zero attached hydrogens (tertiary/aromatic N) is 1. The average Bonchev–Trinajstić information content (AvgIpc) is 2.33. The van der Waals surface area contributed by atoms with Gasteiger partial charge in [-0.3, -0.25) is 4.98 Å². The molecule has 0 saturated heterocycles. The molecule has 108 valence electrons. The predicted molar refractivity (Wildman–Crippen MR) is 88.0 cm³/mol. The predicted octanol–water partition coefficient (Wildman–Crippen LogP) is 5.80. The maximum Gasteiger partial charge on any atom is 0.0704 e. The number of rotatable bonds is 2. The number of fused-ring (bicyclic) bond motifs is 1. The minimum atomic E-state index is 0.247. The summed E-state index contributed by atoms with van der Waals surface area (Å²) in [7, 11) is 0. The molecule has 1 heterocycles. The smallest absolute Gasteiger partial charge is 0.0704 e. The molecule has 0 aliphatic rings. The molecule has 2 rings (SSSR count). The van der Waals surface area contributed by atoms with E-state index in [4.69, 9.17) is 0 Å². The van der Waals surface area contributed by atoms with Crippen molar-refractivity contribution >= 4 is 10.9 Å². The van der Waals surface area contributed by atoms with Crippen LogP contribution in [0, 0.1) is 10.8 Å². The van der Waals surface area contributed by atoms with Crippen LogP contribution in [0.25, 0.3) is 10.9 Å². The van der Waals surface area contributed by atoms with Gasteiger partial charge in [0.15, 0.2) is 0 Å². The highest BCUT2D eigenvalue weighted by molar-refractivity contribution is 5.82. The minimum absolute atomic E-state index is 0.247. The van der Waals surface area contributed by atoms with Crippen LogP contribution in [0.15, 0.2) is 36.5 Å². The third-order valence-corrected chi connectivity index (χ3v) is 3.92. The number of benzene rings is 1. The zero-order valence-corrected chi connectivity index (χ0v) is 13.7. The summed E-state index contributed by atoms with van der Waals surface area (Å²) in [5.74, 6) is 0.537. The Morgan fingerprint density at radius 1 is 0.950 bits per heavy atom. The van der Waals surface area contributed by atoms with Crippen LogP contribution < -0.4 is 0 Å². The first kappa shape index (κ1) is 15.0. The zero-order chi connectivity index (χ0) is 15.0. The zero-order valence-electron chi connectivity index (χ0n) is 13.7. The minimum Gasteiger partial charge on any atom is -0.256 e. The third kappa shape index (κ3) is 3.39. The van der Waals surface area contributed by atoms with Crippen LogP contribution in [0.5, 0.6) is 0 Å². The summed E-state index contributed by atoms with van der Waals surface area (Å²) in [6.45, 7) is 14.0. The monoisotopic (exact) mass is 269 g/mol. The highest BCUT2D eigenvalue weighted by Crippen LogP contribution is 2.44. The topological polar surface area (TPSA) is 12.9 Å². The summed E-state index contributed by atoms with van der Waals surface area (Å²) in [5, 5.41) is 1.30. The van der Waals surface area contributed by atoms with Gasteiger partial charge in [-0.05, 0) is 40.9 Å². The molecule has 0 aliphatic carbocycles. The Bertz CT molecular complexity index is 579. The van der Waals surface area contributed by atoms with E-state index in [-0.39, 0.29) is 5.41 Å². The fourth-order valence-corrected chi connectivity index (χ4v) is 2.92. The summed E-state index contributed by atoms with van der Waals surface area (Å²) >= 11 is 0. The third-order valence-electron chi connectivity index (χ3n) is 3.92. The Morgan fingerprint density at radius 2 is 1.60 bits per heavy atom. The molecular weight excluding hydrogens is 242 g/mol. The molecule has 0 amide bonds. The lowest BCUT2D eigenvalue weighted by Crippen LogP contribution is -2.24. The summed E-state index contributed by atoms with van der Waals surface area (Å²) < 4.78 is 0. The molecule has 0 bridgehead atoms. The molecule has 1 nitrogen and oxygen atoms in total. The molecule has 0 N–H and O–H groups in total. The molecule has 1 heteroatoms. The molecular formula is C19H27N. The van der Waals surface area contributed by atoms with Crippen molar-refractivity contribution < 1.29 is 0 Å². The van der Waals surface area contributed by atoms with Crippen molar-refractivity contribution in [1.29, 1.82) is 0 Å². The lowest BCUT2D eigenvalue weighted by molar-refractivity contribution is 0.230. The molecule has 1 aromatic carbocycles. The largest absolute Gasteiger partial charge is 0.256 e. The van der Waals surface area contributed by atoms with Crippen molar-refractivity contribution in [3.8, 4) is 0 Å². The molecule has 0 saturated carbocycles. The maximum absolute atomic E-state index is 4.50. The Hall–Kier alpha value is -1.37. The van der Waals surface area contributed by atoms with Gasteiger partial charge in [0.2, 0.25) is 0 Å². The van der Waals surface area contributed by atoms with Crippen LogP contribution in [-0.4, -0.2) is 4.98 Å². The number of aromatic nitrogens is 1. The van der Waals surface area contributed by atoms with Gasteiger partial charge in [0.05, 0.1) is 5.52 Å². The number of para-hydroxylation sites is 1. The molecule has 1 unspecified atom stereocenters. The summed E-state index contributed by atoms with van der Waals surface area (Å²) in [6, 6.07) is 10.7. The quantitative estimate of drug-likeness (QED) is 0.671. The van der Waals surface area contributed by atoms with E-state index in [1.54, 1.807) is 0 Å². The standard InChI is InChI=1S/C19H27N/c1-18(2,3)13-16(19(4,5)6)14-11-12-20-17-10-8-7-9-15(14)17/h7-12,16H,13H2,1-6H3. The first-order chi connectivity index (χ1) is 9.18. The SMILES string of the molecule is CC(C)(C)CC(c1ccnc2ccccc12)C(C)(C)C. The van der Waals surface area contributed by atoms with Gasteiger partial charge in [-0.2, -0.15) is 0 Å². The van der Waals surface area contributed by atoms with Gasteiger partial charge < -0.3 is 0 Å². The summed E-state index contributed by atoms with van der Waals surface area (Å²) in [6.07, 6.45) is 3.14. The number of pyridine rings is 1. The van der Waals surface area contributed by atoms with Crippen molar-refractivity contribution in [2.75, 3.05) is 0 Å².